The molecule has 264 valence electrons. The van der Waals surface area contributed by atoms with E-state index in [1.54, 1.807) is 6.08 Å². The summed E-state index contributed by atoms with van der Waals surface area (Å²) in [6.07, 6.45) is 3.82. The van der Waals surface area contributed by atoms with Crippen LogP contribution in [0.1, 0.15) is 107 Å². The minimum Gasteiger partial charge on any atom is -0.462 e. The van der Waals surface area contributed by atoms with E-state index in [1.807, 2.05) is 6.92 Å². The molecular weight excluding hydrogens is 604 g/mol. The van der Waals surface area contributed by atoms with Crippen molar-refractivity contribution in [3.8, 4) is 0 Å². The van der Waals surface area contributed by atoms with Gasteiger partial charge >= 0.3 is 17.9 Å². The number of hydrogen-bond donors (Lipinski definition) is 2. The molecule has 0 spiro atoms. The summed E-state index contributed by atoms with van der Waals surface area (Å²) in [7, 11) is 0. The van der Waals surface area contributed by atoms with Crippen LogP contribution in [0.3, 0.4) is 0 Å². The molecule has 0 radical (unpaired) electrons. The first-order valence-corrected chi connectivity index (χ1v) is 18.0. The Hall–Kier alpha value is -2.01. The van der Waals surface area contributed by atoms with Crippen molar-refractivity contribution >= 4 is 17.9 Å². The lowest BCUT2D eigenvalue weighted by Gasteiger charge is -2.70. The molecule has 2 N–H and O–H groups in total. The maximum absolute atomic E-state index is 12.9. The zero-order chi connectivity index (χ0) is 34.3. The topological polar surface area (TPSA) is 138 Å². The van der Waals surface area contributed by atoms with Crippen molar-refractivity contribution in [1.82, 2.24) is 0 Å². The van der Waals surface area contributed by atoms with E-state index in [9.17, 15) is 24.6 Å². The van der Waals surface area contributed by atoms with Crippen molar-refractivity contribution in [2.75, 3.05) is 6.61 Å². The van der Waals surface area contributed by atoms with E-state index in [1.165, 1.54) is 13.8 Å². The van der Waals surface area contributed by atoms with Gasteiger partial charge in [0.05, 0.1) is 23.4 Å². The summed E-state index contributed by atoms with van der Waals surface area (Å²) >= 11 is 0. The number of carbonyl (C=O) groups is 3. The molecule has 6 aliphatic rings. The highest BCUT2D eigenvalue weighted by Gasteiger charge is 2.75. The van der Waals surface area contributed by atoms with E-state index in [2.05, 4.69) is 34.6 Å². The Balaban J connectivity index is 1.33. The SMILES string of the molecule is CC[C@@]12C3C(OC(C)=O)C[C@]4(C)[C@@H](C5=CC(=O)OC5)CC[C@]4(O)C3CC[C@]1(O)C[C@@H](O[C@@H]1O[C@@H](C)[C@H](C)[C@@H](C)[C@H]1OC(C)=O)C[C@H]2C. The zero-order valence-electron chi connectivity index (χ0n) is 29.5. The molecule has 4 saturated carbocycles. The van der Waals surface area contributed by atoms with Gasteiger partial charge in [-0.3, -0.25) is 9.59 Å². The lowest BCUT2D eigenvalue weighted by Crippen LogP contribution is -2.73. The molecule has 4 aliphatic carbocycles. The minimum atomic E-state index is -1.14. The van der Waals surface area contributed by atoms with Gasteiger partial charge in [-0.1, -0.05) is 34.6 Å². The molecule has 6 rings (SSSR count). The Labute approximate surface area is 279 Å². The third-order valence-electron chi connectivity index (χ3n) is 14.4. The van der Waals surface area contributed by atoms with Gasteiger partial charge in [0.1, 0.15) is 12.7 Å². The molecule has 0 amide bonds. The molecule has 0 bridgehead atoms. The van der Waals surface area contributed by atoms with E-state index in [4.69, 9.17) is 23.7 Å². The van der Waals surface area contributed by atoms with Crippen LogP contribution in [0.4, 0.5) is 0 Å². The van der Waals surface area contributed by atoms with Crippen LogP contribution in [0, 0.1) is 46.3 Å². The summed E-state index contributed by atoms with van der Waals surface area (Å²) in [4.78, 5) is 36.9. The fraction of sp³-hybridized carbons (Fsp3) is 0.865. The zero-order valence-corrected chi connectivity index (χ0v) is 29.5. The van der Waals surface area contributed by atoms with Crippen molar-refractivity contribution in [2.24, 2.45) is 46.3 Å². The molecule has 10 heteroatoms. The highest BCUT2D eigenvalue weighted by Crippen LogP contribution is 2.72. The molecule has 3 unspecified atom stereocenters. The molecule has 0 aromatic heterocycles. The fourth-order valence-corrected chi connectivity index (χ4v) is 12.1. The predicted molar refractivity (Wildman–Crippen MR) is 170 cm³/mol. The van der Waals surface area contributed by atoms with Crippen LogP contribution >= 0.6 is 0 Å². The second kappa shape index (κ2) is 12.1. The summed E-state index contributed by atoms with van der Waals surface area (Å²) in [5, 5.41) is 25.8. The smallest absolute Gasteiger partial charge is 0.331 e. The third kappa shape index (κ3) is 5.21. The Morgan fingerprint density at radius 2 is 1.70 bits per heavy atom. The van der Waals surface area contributed by atoms with Crippen molar-refractivity contribution in [3.63, 3.8) is 0 Å². The van der Waals surface area contributed by atoms with Crippen LogP contribution in [0.5, 0.6) is 0 Å². The Bertz CT molecular complexity index is 1300. The van der Waals surface area contributed by atoms with Gasteiger partial charge in [-0.25, -0.2) is 4.79 Å². The van der Waals surface area contributed by atoms with Crippen LogP contribution < -0.4 is 0 Å². The molecule has 1 saturated heterocycles. The van der Waals surface area contributed by atoms with E-state index in [0.29, 0.717) is 44.9 Å². The van der Waals surface area contributed by atoms with Crippen molar-refractivity contribution < 1.29 is 48.3 Å². The molecule has 2 aliphatic heterocycles. The van der Waals surface area contributed by atoms with Gasteiger partial charge in [0.15, 0.2) is 12.4 Å². The van der Waals surface area contributed by atoms with Gasteiger partial charge in [0.2, 0.25) is 0 Å². The number of carbonyl (C=O) groups excluding carboxylic acids is 3. The van der Waals surface area contributed by atoms with E-state index >= 15 is 0 Å². The van der Waals surface area contributed by atoms with Crippen molar-refractivity contribution in [2.45, 2.75) is 149 Å². The molecule has 15 atom stereocenters. The summed E-state index contributed by atoms with van der Waals surface area (Å²) in [5.41, 5.74) is -2.56. The lowest BCUT2D eigenvalue weighted by molar-refractivity contribution is -0.325. The summed E-state index contributed by atoms with van der Waals surface area (Å²) in [6.45, 7) is 15.6. The van der Waals surface area contributed by atoms with Crippen molar-refractivity contribution in [1.29, 1.82) is 0 Å². The van der Waals surface area contributed by atoms with Gasteiger partial charge in [-0.15, -0.1) is 0 Å². The van der Waals surface area contributed by atoms with Crippen LogP contribution in [0.15, 0.2) is 11.6 Å². The van der Waals surface area contributed by atoms with Crippen LogP contribution in [0.2, 0.25) is 0 Å². The molecule has 47 heavy (non-hydrogen) atoms. The first-order valence-electron chi connectivity index (χ1n) is 18.0. The maximum atomic E-state index is 12.9. The van der Waals surface area contributed by atoms with Gasteiger partial charge in [-0.2, -0.15) is 0 Å². The Morgan fingerprint density at radius 3 is 2.32 bits per heavy atom. The number of esters is 3. The predicted octanol–water partition coefficient (Wildman–Crippen LogP) is 4.87. The average molecular weight is 661 g/mol. The Kier molecular flexibility index (Phi) is 8.96. The number of ether oxygens (including phenoxy) is 5. The standard InChI is InChI=1S/C37H56O10/c1-9-36-19(2)14-26(47-33-32(46-24(7)39)21(4)20(3)22(5)44-33)16-35(36,41)12-10-28-31(36)29(45-23(6)38)17-34(8)27(11-13-37(28,34)42)25-15-30(40)43-18-25/h15,19-22,26-29,31-33,41-42H,9-14,16-18H2,1-8H3/t19-,20-,21-,22+,26+,27-,28?,29?,31?,32-,33+,34-,35+,36-,37+/m1/s1. The summed E-state index contributed by atoms with van der Waals surface area (Å²) in [6, 6.07) is 0. The number of aliphatic hydroxyl groups is 2. The second-order valence-electron chi connectivity index (χ2n) is 16.3. The molecule has 0 aromatic carbocycles. The molecule has 0 aromatic rings. The fourth-order valence-electron chi connectivity index (χ4n) is 12.1. The van der Waals surface area contributed by atoms with Crippen LogP contribution in [0.25, 0.3) is 0 Å². The van der Waals surface area contributed by atoms with Crippen LogP contribution in [-0.2, 0) is 38.1 Å². The first kappa shape index (κ1) is 34.8. The van der Waals surface area contributed by atoms with E-state index in [-0.39, 0.29) is 72.2 Å². The number of rotatable bonds is 6. The highest BCUT2D eigenvalue weighted by molar-refractivity contribution is 5.85. The molecule has 10 nitrogen and oxygen atoms in total. The summed E-state index contributed by atoms with van der Waals surface area (Å²) in [5.74, 6) is -1.46. The second-order valence-corrected chi connectivity index (χ2v) is 16.3. The maximum Gasteiger partial charge on any atom is 0.331 e. The number of fused-ring (bicyclic) bond motifs is 5. The molecular formula is C37H56O10. The van der Waals surface area contributed by atoms with Gasteiger partial charge in [-0.05, 0) is 81.1 Å². The molecule has 2 heterocycles. The van der Waals surface area contributed by atoms with E-state index < -0.39 is 40.5 Å². The highest BCUT2D eigenvalue weighted by atomic mass is 16.7. The van der Waals surface area contributed by atoms with E-state index in [0.717, 1.165) is 12.0 Å². The first-order chi connectivity index (χ1) is 22.0. The van der Waals surface area contributed by atoms with Crippen molar-refractivity contribution in [3.05, 3.63) is 11.6 Å². The van der Waals surface area contributed by atoms with Gasteiger partial charge < -0.3 is 33.9 Å². The third-order valence-corrected chi connectivity index (χ3v) is 14.4. The average Bonchev–Trinajstić information content (AvgIpc) is 3.52. The number of hydrogen-bond acceptors (Lipinski definition) is 10. The van der Waals surface area contributed by atoms with Gasteiger partial charge in [0.25, 0.3) is 0 Å². The minimum absolute atomic E-state index is 0.0311. The van der Waals surface area contributed by atoms with Crippen LogP contribution in [-0.4, -0.2) is 76.6 Å². The lowest BCUT2D eigenvalue weighted by atomic mass is 9.38. The largest absolute Gasteiger partial charge is 0.462 e. The number of cyclic esters (lactones) is 1. The Morgan fingerprint density at radius 1 is 1.00 bits per heavy atom. The van der Waals surface area contributed by atoms with Gasteiger partial charge in [0, 0.05) is 49.0 Å². The monoisotopic (exact) mass is 660 g/mol. The molecule has 5 fully saturated rings. The normalized spacial score (nSPS) is 50.8. The summed E-state index contributed by atoms with van der Waals surface area (Å²) < 4.78 is 30.3. The quantitative estimate of drug-likeness (QED) is 0.231.